The van der Waals surface area contributed by atoms with Gasteiger partial charge in [-0.15, -0.1) is 0 Å². The molecule has 2 heterocycles. The van der Waals surface area contributed by atoms with Crippen LogP contribution in [0.2, 0.25) is 0 Å². The number of rotatable bonds is 1. The van der Waals surface area contributed by atoms with Crippen LogP contribution in [0.15, 0.2) is 18.2 Å². The Morgan fingerprint density at radius 3 is 2.65 bits per heavy atom. The van der Waals surface area contributed by atoms with Crippen LogP contribution in [-0.4, -0.2) is 80.8 Å². The fraction of sp³-hybridized carbons (Fsp3) is 0.609. The van der Waals surface area contributed by atoms with E-state index in [1.54, 1.807) is 44.3 Å². The van der Waals surface area contributed by atoms with Crippen LogP contribution >= 0.6 is 0 Å². The molecule has 2 aliphatic heterocycles. The van der Waals surface area contributed by atoms with Gasteiger partial charge in [0.05, 0.1) is 29.3 Å². The van der Waals surface area contributed by atoms with Gasteiger partial charge in [-0.05, 0) is 31.4 Å². The number of nitriles is 1. The molecule has 0 unspecified atom stereocenters. The lowest BCUT2D eigenvalue weighted by molar-refractivity contribution is -0.146. The summed E-state index contributed by atoms with van der Waals surface area (Å²) in [5.74, 6) is -0.423. The first-order chi connectivity index (χ1) is 14.8. The van der Waals surface area contributed by atoms with Gasteiger partial charge in [-0.1, -0.05) is 13.0 Å². The summed E-state index contributed by atoms with van der Waals surface area (Å²) < 4.78 is 17.9. The molecule has 0 spiro atoms. The van der Waals surface area contributed by atoms with Crippen LogP contribution < -0.4 is 4.74 Å². The predicted molar refractivity (Wildman–Crippen MR) is 114 cm³/mol. The minimum absolute atomic E-state index is 0.00864. The number of ether oxygens (including phenoxy) is 3. The first kappa shape index (κ1) is 23.0. The van der Waals surface area contributed by atoms with Gasteiger partial charge in [0, 0.05) is 34.3 Å². The smallest absolute Gasteiger partial charge is 0.257 e. The summed E-state index contributed by atoms with van der Waals surface area (Å²) in [5.41, 5.74) is 0.583. The normalized spacial score (nSPS) is 28.1. The van der Waals surface area contributed by atoms with Crippen LogP contribution in [0, 0.1) is 17.2 Å². The van der Waals surface area contributed by atoms with E-state index in [2.05, 4.69) is 6.07 Å². The van der Waals surface area contributed by atoms with E-state index < -0.39 is 0 Å². The molecule has 1 aromatic carbocycles. The molecule has 1 saturated heterocycles. The van der Waals surface area contributed by atoms with Crippen molar-refractivity contribution in [3.63, 3.8) is 0 Å². The number of carbonyl (C=O) groups is 2. The van der Waals surface area contributed by atoms with E-state index in [4.69, 9.17) is 14.2 Å². The van der Waals surface area contributed by atoms with Crippen molar-refractivity contribution >= 4 is 11.8 Å². The van der Waals surface area contributed by atoms with Gasteiger partial charge in [0.15, 0.2) is 0 Å². The second-order valence-electron chi connectivity index (χ2n) is 8.39. The largest absolute Gasteiger partial charge is 0.489 e. The number of para-hydroxylation sites is 1. The number of methoxy groups -OCH3 is 1. The van der Waals surface area contributed by atoms with Crippen LogP contribution in [0.4, 0.5) is 0 Å². The molecular formula is C23H31N3O5. The highest BCUT2D eigenvalue weighted by Crippen LogP contribution is 2.29. The monoisotopic (exact) mass is 429 g/mol. The third-order valence-corrected chi connectivity index (χ3v) is 6.09. The summed E-state index contributed by atoms with van der Waals surface area (Å²) in [7, 11) is 5.09. The van der Waals surface area contributed by atoms with E-state index in [9.17, 15) is 14.9 Å². The van der Waals surface area contributed by atoms with Crippen molar-refractivity contribution in [1.82, 2.24) is 9.80 Å². The van der Waals surface area contributed by atoms with Crippen LogP contribution in [0.3, 0.4) is 0 Å². The van der Waals surface area contributed by atoms with E-state index >= 15 is 0 Å². The number of fused-ring (bicyclic) bond motifs is 3. The second kappa shape index (κ2) is 10.1. The Balaban J connectivity index is 1.96. The maximum absolute atomic E-state index is 13.2. The Bertz CT molecular complexity index is 852. The van der Waals surface area contributed by atoms with Gasteiger partial charge in [0.2, 0.25) is 5.91 Å². The number of hydrogen-bond donors (Lipinski definition) is 0. The second-order valence-corrected chi connectivity index (χ2v) is 8.39. The van der Waals surface area contributed by atoms with Gasteiger partial charge in [-0.2, -0.15) is 5.26 Å². The molecule has 8 nitrogen and oxygen atoms in total. The van der Waals surface area contributed by atoms with Crippen molar-refractivity contribution in [2.45, 2.75) is 44.5 Å². The zero-order valence-electron chi connectivity index (χ0n) is 18.7. The minimum Gasteiger partial charge on any atom is -0.489 e. The number of benzene rings is 1. The third-order valence-electron chi connectivity index (χ3n) is 6.09. The molecule has 8 heteroatoms. The fourth-order valence-electron chi connectivity index (χ4n) is 4.28. The summed E-state index contributed by atoms with van der Waals surface area (Å²) in [6, 6.07) is 7.04. The Labute approximate surface area is 183 Å². The maximum atomic E-state index is 13.2. The molecule has 31 heavy (non-hydrogen) atoms. The zero-order valence-corrected chi connectivity index (χ0v) is 18.7. The molecule has 1 aromatic rings. The molecule has 2 bridgehead atoms. The molecular weight excluding hydrogens is 398 g/mol. The number of carbonyl (C=O) groups excluding carboxylic acids is 2. The molecule has 0 aliphatic carbocycles. The average Bonchev–Trinajstić information content (AvgIpc) is 2.79. The number of hydrogen-bond acceptors (Lipinski definition) is 6. The molecule has 4 atom stereocenters. The number of nitrogens with zero attached hydrogens (tertiary/aromatic N) is 3. The summed E-state index contributed by atoms with van der Waals surface area (Å²) >= 11 is 0. The Morgan fingerprint density at radius 2 is 1.94 bits per heavy atom. The average molecular weight is 430 g/mol. The molecule has 0 aromatic heterocycles. The quantitative estimate of drug-likeness (QED) is 0.679. The minimum atomic E-state index is -0.356. The van der Waals surface area contributed by atoms with Gasteiger partial charge in [0.25, 0.3) is 5.91 Å². The molecule has 1 fully saturated rings. The summed E-state index contributed by atoms with van der Waals surface area (Å²) in [4.78, 5) is 29.2. The zero-order chi connectivity index (χ0) is 22.5. The SMILES string of the molecule is CO[C@H]1CC[C@H]2CCN(C)C(=O)[C@@H](C)CN(C)C(=O)c3cccc(C#N)c3OC[C@H]1O2. The Hall–Kier alpha value is -2.63. The summed E-state index contributed by atoms with van der Waals surface area (Å²) in [6.07, 6.45) is 1.90. The molecule has 0 radical (unpaired) electrons. The highest BCUT2D eigenvalue weighted by atomic mass is 16.6. The first-order valence-electron chi connectivity index (χ1n) is 10.7. The molecule has 2 aliphatic rings. The van der Waals surface area contributed by atoms with E-state index in [0.29, 0.717) is 12.1 Å². The van der Waals surface area contributed by atoms with E-state index in [-0.39, 0.29) is 60.5 Å². The molecule has 0 N–H and O–H groups in total. The molecule has 0 saturated carbocycles. The lowest BCUT2D eigenvalue weighted by Gasteiger charge is -2.36. The van der Waals surface area contributed by atoms with Gasteiger partial charge < -0.3 is 24.0 Å². The van der Waals surface area contributed by atoms with Crippen LogP contribution in [-0.2, 0) is 14.3 Å². The predicted octanol–water partition coefficient (Wildman–Crippen LogP) is 2.07. The lowest BCUT2D eigenvalue weighted by Crippen LogP contribution is -2.45. The van der Waals surface area contributed by atoms with E-state index in [0.717, 1.165) is 19.3 Å². The van der Waals surface area contributed by atoms with Crippen molar-refractivity contribution in [2.75, 3.05) is 40.9 Å². The fourth-order valence-corrected chi connectivity index (χ4v) is 4.28. The van der Waals surface area contributed by atoms with Crippen LogP contribution in [0.1, 0.15) is 42.1 Å². The van der Waals surface area contributed by atoms with Gasteiger partial charge in [-0.25, -0.2) is 0 Å². The van der Waals surface area contributed by atoms with Gasteiger partial charge in [-0.3, -0.25) is 9.59 Å². The lowest BCUT2D eigenvalue weighted by atomic mass is 9.99. The summed E-state index contributed by atoms with van der Waals surface area (Å²) in [5, 5.41) is 9.57. The van der Waals surface area contributed by atoms with E-state index in [1.807, 2.05) is 6.92 Å². The Morgan fingerprint density at radius 1 is 1.16 bits per heavy atom. The van der Waals surface area contributed by atoms with Gasteiger partial charge in [0.1, 0.15) is 24.5 Å². The molecule has 168 valence electrons. The van der Waals surface area contributed by atoms with Crippen molar-refractivity contribution in [3.05, 3.63) is 29.3 Å². The molecule has 2 amide bonds. The summed E-state index contributed by atoms with van der Waals surface area (Å²) in [6.45, 7) is 2.84. The molecule has 3 rings (SSSR count). The van der Waals surface area contributed by atoms with Crippen LogP contribution in [0.5, 0.6) is 5.75 Å². The topological polar surface area (TPSA) is 92.1 Å². The third kappa shape index (κ3) is 5.17. The maximum Gasteiger partial charge on any atom is 0.257 e. The van der Waals surface area contributed by atoms with E-state index in [1.165, 1.54) is 4.90 Å². The highest BCUT2D eigenvalue weighted by Gasteiger charge is 2.33. The first-order valence-corrected chi connectivity index (χ1v) is 10.7. The standard InChI is InChI=1S/C23H31N3O5/c1-15-13-26(3)23(28)18-7-5-6-16(12-24)21(18)30-14-20-19(29-4)9-8-17(31-20)10-11-25(2)22(15)27/h5-7,15,17,19-20H,8-11,13-14H2,1-4H3/t15-,17-,19-,20+/m0/s1. The Kier molecular flexibility index (Phi) is 7.52. The van der Waals surface area contributed by atoms with Crippen molar-refractivity contribution < 1.29 is 23.8 Å². The van der Waals surface area contributed by atoms with Crippen molar-refractivity contribution in [1.29, 1.82) is 5.26 Å². The van der Waals surface area contributed by atoms with Crippen LogP contribution in [0.25, 0.3) is 0 Å². The van der Waals surface area contributed by atoms with Crippen molar-refractivity contribution in [3.8, 4) is 11.8 Å². The number of amides is 2. The van der Waals surface area contributed by atoms with Gasteiger partial charge >= 0.3 is 0 Å². The van der Waals surface area contributed by atoms with Crippen molar-refractivity contribution in [2.24, 2.45) is 5.92 Å². The highest BCUT2D eigenvalue weighted by molar-refractivity contribution is 5.97.